The summed E-state index contributed by atoms with van der Waals surface area (Å²) in [4.78, 5) is 37.1. The van der Waals surface area contributed by atoms with Crippen molar-refractivity contribution in [3.63, 3.8) is 0 Å². The minimum Gasteiger partial charge on any atom is -0.508 e. The van der Waals surface area contributed by atoms with Gasteiger partial charge in [-0.05, 0) is 54.7 Å². The molecular formula is C21H20N2O5. The molecular weight excluding hydrogens is 360 g/mol. The van der Waals surface area contributed by atoms with Crippen LogP contribution in [0.15, 0.2) is 54.6 Å². The van der Waals surface area contributed by atoms with Gasteiger partial charge >= 0.3 is 0 Å². The quantitative estimate of drug-likeness (QED) is 0.328. The number of nitro groups is 1. The lowest BCUT2D eigenvalue weighted by molar-refractivity contribution is -0.385. The molecule has 7 nitrogen and oxygen atoms in total. The highest BCUT2D eigenvalue weighted by molar-refractivity contribution is 6.41. The van der Waals surface area contributed by atoms with Crippen molar-refractivity contribution in [2.45, 2.75) is 19.4 Å². The molecule has 1 amide bonds. The molecule has 0 saturated heterocycles. The van der Waals surface area contributed by atoms with Gasteiger partial charge in [-0.25, -0.2) is 0 Å². The lowest BCUT2D eigenvalue weighted by atomic mass is 10.1. The molecule has 1 N–H and O–H groups in total. The third kappa shape index (κ3) is 5.03. The number of carbonyl (C=O) groups is 2. The summed E-state index contributed by atoms with van der Waals surface area (Å²) in [5.74, 6) is -0.840. The van der Waals surface area contributed by atoms with Crippen molar-refractivity contribution in [1.29, 1.82) is 0 Å². The zero-order valence-corrected chi connectivity index (χ0v) is 15.2. The summed E-state index contributed by atoms with van der Waals surface area (Å²) >= 11 is 0. The van der Waals surface area contributed by atoms with E-state index in [1.807, 2.05) is 0 Å². The third-order valence-corrected chi connectivity index (χ3v) is 4.53. The van der Waals surface area contributed by atoms with E-state index in [9.17, 15) is 24.8 Å². The first-order chi connectivity index (χ1) is 13.4. The third-order valence-electron chi connectivity index (χ3n) is 4.53. The zero-order valence-electron chi connectivity index (χ0n) is 15.2. The van der Waals surface area contributed by atoms with E-state index in [1.54, 1.807) is 18.2 Å². The standard InChI is InChI=1S/C21H20N2O5/c24-18-10-7-16(8-11-18)14-22(13-15-5-6-15)21(26)20(25)12-9-17-3-1-2-4-19(17)23(27)28/h1-4,7-12,15,24H,5-6,13-14H2/b12-9+. The monoisotopic (exact) mass is 380 g/mol. The van der Waals surface area contributed by atoms with E-state index in [-0.39, 0.29) is 23.5 Å². The van der Waals surface area contributed by atoms with Crippen molar-refractivity contribution in [3.8, 4) is 5.75 Å². The fraction of sp³-hybridized carbons (Fsp3) is 0.238. The topological polar surface area (TPSA) is 101 Å². The van der Waals surface area contributed by atoms with Crippen LogP contribution in [0.5, 0.6) is 5.75 Å². The first-order valence-corrected chi connectivity index (χ1v) is 8.96. The number of nitrogens with zero attached hydrogens (tertiary/aromatic N) is 2. The molecule has 0 heterocycles. The van der Waals surface area contributed by atoms with Crippen LogP contribution in [0.3, 0.4) is 0 Å². The predicted octanol–water partition coefficient (Wildman–Crippen LogP) is 3.32. The molecule has 3 rings (SSSR count). The minimum atomic E-state index is -0.724. The normalized spacial score (nSPS) is 13.4. The van der Waals surface area contributed by atoms with Gasteiger partial charge in [0.05, 0.1) is 10.5 Å². The number of hydrogen-bond donors (Lipinski definition) is 1. The molecule has 1 saturated carbocycles. The Morgan fingerprint density at radius 2 is 1.82 bits per heavy atom. The van der Waals surface area contributed by atoms with Gasteiger partial charge in [-0.15, -0.1) is 0 Å². The lowest BCUT2D eigenvalue weighted by Gasteiger charge is -2.21. The molecule has 0 aliphatic heterocycles. The van der Waals surface area contributed by atoms with Crippen LogP contribution in [0.2, 0.25) is 0 Å². The number of para-hydroxylation sites is 1. The molecule has 0 atom stereocenters. The van der Waals surface area contributed by atoms with Gasteiger partial charge in [0.1, 0.15) is 5.75 Å². The van der Waals surface area contributed by atoms with Crippen LogP contribution in [0, 0.1) is 16.0 Å². The van der Waals surface area contributed by atoms with E-state index < -0.39 is 16.6 Å². The van der Waals surface area contributed by atoms with Crippen molar-refractivity contribution in [2.75, 3.05) is 6.54 Å². The highest BCUT2D eigenvalue weighted by Gasteiger charge is 2.29. The minimum absolute atomic E-state index is 0.127. The molecule has 28 heavy (non-hydrogen) atoms. The SMILES string of the molecule is O=C(/C=C/c1ccccc1[N+](=O)[O-])C(=O)N(Cc1ccc(O)cc1)CC1CC1. The average Bonchev–Trinajstić information content (AvgIpc) is 3.51. The molecule has 0 bridgehead atoms. The van der Waals surface area contributed by atoms with Crippen LogP contribution < -0.4 is 0 Å². The number of aromatic hydroxyl groups is 1. The highest BCUT2D eigenvalue weighted by atomic mass is 16.6. The maximum absolute atomic E-state index is 12.7. The predicted molar refractivity (Wildman–Crippen MR) is 103 cm³/mol. The number of hydrogen-bond acceptors (Lipinski definition) is 5. The smallest absolute Gasteiger partial charge is 0.294 e. The van der Waals surface area contributed by atoms with Gasteiger partial charge in [-0.1, -0.05) is 24.3 Å². The Bertz CT molecular complexity index is 917. The Morgan fingerprint density at radius 3 is 2.46 bits per heavy atom. The average molecular weight is 380 g/mol. The van der Waals surface area contributed by atoms with Crippen molar-refractivity contribution in [3.05, 3.63) is 75.8 Å². The summed E-state index contributed by atoms with van der Waals surface area (Å²) in [6.45, 7) is 0.755. The van der Waals surface area contributed by atoms with Crippen LogP contribution >= 0.6 is 0 Å². The van der Waals surface area contributed by atoms with Gasteiger partial charge < -0.3 is 10.0 Å². The molecule has 0 spiro atoms. The summed E-state index contributed by atoms with van der Waals surface area (Å²) in [5.41, 5.74) is 0.945. The number of amides is 1. The van der Waals surface area contributed by atoms with Crippen LogP contribution in [0.25, 0.3) is 6.08 Å². The maximum atomic E-state index is 12.7. The molecule has 0 radical (unpaired) electrons. The first kappa shape index (κ1) is 19.3. The number of phenols is 1. The molecule has 0 unspecified atom stereocenters. The number of benzene rings is 2. The van der Waals surface area contributed by atoms with E-state index in [4.69, 9.17) is 0 Å². The van der Waals surface area contributed by atoms with E-state index >= 15 is 0 Å². The van der Waals surface area contributed by atoms with Gasteiger partial charge in [0, 0.05) is 19.2 Å². The van der Waals surface area contributed by atoms with Crippen molar-refractivity contribution >= 4 is 23.5 Å². The second kappa shape index (κ2) is 8.47. The fourth-order valence-corrected chi connectivity index (χ4v) is 2.84. The van der Waals surface area contributed by atoms with Gasteiger partial charge in [0.15, 0.2) is 0 Å². The van der Waals surface area contributed by atoms with E-state index in [0.29, 0.717) is 12.5 Å². The van der Waals surface area contributed by atoms with Gasteiger partial charge in [0.2, 0.25) is 5.78 Å². The van der Waals surface area contributed by atoms with E-state index in [0.717, 1.165) is 24.5 Å². The number of rotatable bonds is 8. The molecule has 2 aromatic rings. The second-order valence-corrected chi connectivity index (χ2v) is 6.81. The Kier molecular flexibility index (Phi) is 5.84. The van der Waals surface area contributed by atoms with E-state index in [1.165, 1.54) is 41.3 Å². The van der Waals surface area contributed by atoms with Crippen LogP contribution in [0.1, 0.15) is 24.0 Å². The Hall–Kier alpha value is -3.48. The molecule has 144 valence electrons. The van der Waals surface area contributed by atoms with Crippen LogP contribution in [0.4, 0.5) is 5.69 Å². The largest absolute Gasteiger partial charge is 0.508 e. The maximum Gasteiger partial charge on any atom is 0.294 e. The van der Waals surface area contributed by atoms with E-state index in [2.05, 4.69) is 0 Å². The molecule has 0 aromatic heterocycles. The van der Waals surface area contributed by atoms with Crippen molar-refractivity contribution in [1.82, 2.24) is 4.90 Å². The summed E-state index contributed by atoms with van der Waals surface area (Å²) in [6.07, 6.45) is 4.44. The zero-order chi connectivity index (χ0) is 20.1. The van der Waals surface area contributed by atoms with Crippen molar-refractivity contribution in [2.24, 2.45) is 5.92 Å². The molecule has 2 aromatic carbocycles. The number of phenolic OH excluding ortho intramolecular Hbond substituents is 1. The Balaban J connectivity index is 1.73. The number of ketones is 1. The van der Waals surface area contributed by atoms with Gasteiger partial charge in [0.25, 0.3) is 11.6 Å². The van der Waals surface area contributed by atoms with Gasteiger partial charge in [-0.2, -0.15) is 0 Å². The Morgan fingerprint density at radius 1 is 1.14 bits per heavy atom. The molecule has 7 heteroatoms. The van der Waals surface area contributed by atoms with Gasteiger partial charge in [-0.3, -0.25) is 19.7 Å². The molecule has 1 fully saturated rings. The highest BCUT2D eigenvalue weighted by Crippen LogP contribution is 2.30. The molecule has 1 aliphatic rings. The van der Waals surface area contributed by atoms with Crippen molar-refractivity contribution < 1.29 is 19.6 Å². The summed E-state index contributed by atoms with van der Waals surface area (Å²) in [7, 11) is 0. The Labute approximate surface area is 162 Å². The lowest BCUT2D eigenvalue weighted by Crippen LogP contribution is -2.36. The fourth-order valence-electron chi connectivity index (χ4n) is 2.84. The van der Waals surface area contributed by atoms with Crippen LogP contribution in [-0.2, 0) is 16.1 Å². The summed E-state index contributed by atoms with van der Waals surface area (Å²) in [5, 5.41) is 20.4. The molecule has 1 aliphatic carbocycles. The first-order valence-electron chi connectivity index (χ1n) is 8.96. The van der Waals surface area contributed by atoms with Crippen LogP contribution in [-0.4, -0.2) is 33.2 Å². The summed E-state index contributed by atoms with van der Waals surface area (Å²) in [6, 6.07) is 12.5. The summed E-state index contributed by atoms with van der Waals surface area (Å²) < 4.78 is 0. The second-order valence-electron chi connectivity index (χ2n) is 6.81. The number of nitro benzene ring substituents is 1. The number of carbonyl (C=O) groups excluding carboxylic acids is 2.